The normalized spacial score (nSPS) is 30.1. The summed E-state index contributed by atoms with van der Waals surface area (Å²) < 4.78 is 2.12. The fraction of sp³-hybridized carbons (Fsp3) is 0.643. The molecule has 1 N–H and O–H groups in total. The molecular weight excluding hydrogens is 238 g/mol. The van der Waals surface area contributed by atoms with E-state index in [1.807, 2.05) is 19.9 Å². The maximum atomic E-state index is 4.55. The Balaban J connectivity index is 1.83. The Morgan fingerprint density at radius 1 is 1.26 bits per heavy atom. The van der Waals surface area contributed by atoms with Gasteiger partial charge in [0, 0.05) is 11.8 Å². The van der Waals surface area contributed by atoms with Crippen LogP contribution in [0.25, 0.3) is 5.65 Å². The van der Waals surface area contributed by atoms with Gasteiger partial charge in [-0.2, -0.15) is 0 Å². The van der Waals surface area contributed by atoms with E-state index in [0.717, 1.165) is 41.4 Å². The van der Waals surface area contributed by atoms with Crippen LogP contribution in [0, 0.1) is 25.7 Å². The lowest BCUT2D eigenvalue weighted by molar-refractivity contribution is 0.405. The van der Waals surface area contributed by atoms with Crippen LogP contribution in [0.15, 0.2) is 6.07 Å². The third-order valence-corrected chi connectivity index (χ3v) is 4.74. The predicted octanol–water partition coefficient (Wildman–Crippen LogP) is 1.80. The average molecular weight is 257 g/mol. The molecule has 2 aromatic heterocycles. The Bertz CT molecular complexity index is 632. The first-order chi connectivity index (χ1) is 9.24. The second-order valence-electron chi connectivity index (χ2n) is 5.94. The highest BCUT2D eigenvalue weighted by atomic mass is 15.3. The predicted molar refractivity (Wildman–Crippen MR) is 71.8 cm³/mol. The van der Waals surface area contributed by atoms with Gasteiger partial charge in [-0.1, -0.05) is 6.42 Å². The minimum Gasteiger partial charge on any atom is -0.307 e. The molecule has 3 heterocycles. The van der Waals surface area contributed by atoms with E-state index in [1.165, 1.54) is 19.3 Å². The molecule has 0 radical (unpaired) electrons. The van der Waals surface area contributed by atoms with Crippen LogP contribution in [-0.4, -0.2) is 26.1 Å². The van der Waals surface area contributed by atoms with Gasteiger partial charge < -0.3 is 5.32 Å². The van der Waals surface area contributed by atoms with Gasteiger partial charge >= 0.3 is 0 Å². The zero-order chi connectivity index (χ0) is 13.0. The number of rotatable bonds is 1. The zero-order valence-electron chi connectivity index (χ0n) is 11.4. The number of fused-ring (bicyclic) bond motifs is 2. The van der Waals surface area contributed by atoms with Crippen molar-refractivity contribution in [3.8, 4) is 0 Å². The molecule has 0 aromatic carbocycles. The van der Waals surface area contributed by atoms with Gasteiger partial charge in [-0.15, -0.1) is 10.2 Å². The van der Waals surface area contributed by atoms with Crippen molar-refractivity contribution >= 4 is 5.65 Å². The van der Waals surface area contributed by atoms with E-state index in [2.05, 4.69) is 24.9 Å². The minimum atomic E-state index is 0.353. The Hall–Kier alpha value is -1.49. The summed E-state index contributed by atoms with van der Waals surface area (Å²) in [6, 6.07) is 2.36. The summed E-state index contributed by atoms with van der Waals surface area (Å²) in [4.78, 5) is 4.55. The highest BCUT2D eigenvalue weighted by molar-refractivity contribution is 5.40. The SMILES string of the molecule is Cc1cc2nnc(C3NCC4CCCC43)n2c(C)n1. The molecule has 0 bridgehead atoms. The molecule has 2 aromatic rings. The van der Waals surface area contributed by atoms with Crippen LogP contribution >= 0.6 is 0 Å². The minimum absolute atomic E-state index is 0.353. The van der Waals surface area contributed by atoms with Gasteiger partial charge in [0.1, 0.15) is 5.82 Å². The lowest BCUT2D eigenvalue weighted by Gasteiger charge is -2.17. The average Bonchev–Trinajstić information content (AvgIpc) is 3.00. The Kier molecular flexibility index (Phi) is 2.39. The second kappa shape index (κ2) is 4.00. The highest BCUT2D eigenvalue weighted by Crippen LogP contribution is 2.43. The summed E-state index contributed by atoms with van der Waals surface area (Å²) in [6.07, 6.45) is 4.04. The number of aromatic nitrogens is 4. The van der Waals surface area contributed by atoms with Crippen molar-refractivity contribution in [2.45, 2.75) is 39.2 Å². The van der Waals surface area contributed by atoms with Crippen molar-refractivity contribution < 1.29 is 0 Å². The summed E-state index contributed by atoms with van der Waals surface area (Å²) in [5.74, 6) is 3.59. The van der Waals surface area contributed by atoms with E-state index in [1.54, 1.807) is 0 Å². The maximum Gasteiger partial charge on any atom is 0.164 e. The maximum absolute atomic E-state index is 4.55. The molecular formula is C14H19N5. The molecule has 0 spiro atoms. The van der Waals surface area contributed by atoms with Crippen molar-refractivity contribution in [1.29, 1.82) is 0 Å². The fourth-order valence-corrected chi connectivity index (χ4v) is 3.93. The molecule has 3 atom stereocenters. The van der Waals surface area contributed by atoms with Gasteiger partial charge in [-0.05, 0) is 45.1 Å². The smallest absolute Gasteiger partial charge is 0.164 e. The summed E-state index contributed by atoms with van der Waals surface area (Å²) in [6.45, 7) is 5.17. The molecule has 19 heavy (non-hydrogen) atoms. The molecule has 5 heteroatoms. The van der Waals surface area contributed by atoms with Gasteiger partial charge in [-0.25, -0.2) is 4.98 Å². The van der Waals surface area contributed by atoms with Gasteiger partial charge in [0.2, 0.25) is 0 Å². The van der Waals surface area contributed by atoms with Crippen molar-refractivity contribution in [3.05, 3.63) is 23.4 Å². The molecule has 2 fully saturated rings. The van der Waals surface area contributed by atoms with E-state index in [-0.39, 0.29) is 0 Å². The van der Waals surface area contributed by atoms with Crippen molar-refractivity contribution in [1.82, 2.24) is 24.9 Å². The van der Waals surface area contributed by atoms with E-state index >= 15 is 0 Å². The number of hydrogen-bond donors (Lipinski definition) is 1. The van der Waals surface area contributed by atoms with Crippen molar-refractivity contribution in [3.63, 3.8) is 0 Å². The standard InChI is InChI=1S/C14H19N5/c1-8-6-12-17-18-14(19(12)9(2)16-8)13-11-5-3-4-10(11)7-15-13/h6,10-11,13,15H,3-5,7H2,1-2H3. The fourth-order valence-electron chi connectivity index (χ4n) is 3.93. The van der Waals surface area contributed by atoms with E-state index < -0.39 is 0 Å². The van der Waals surface area contributed by atoms with E-state index in [9.17, 15) is 0 Å². The lowest BCUT2D eigenvalue weighted by atomic mass is 9.94. The van der Waals surface area contributed by atoms with Crippen LogP contribution in [0.3, 0.4) is 0 Å². The molecule has 3 unspecified atom stereocenters. The van der Waals surface area contributed by atoms with Crippen LogP contribution in [0.1, 0.15) is 42.6 Å². The first-order valence-corrected chi connectivity index (χ1v) is 7.16. The van der Waals surface area contributed by atoms with Gasteiger partial charge in [0.05, 0.1) is 6.04 Å². The molecule has 4 rings (SSSR count). The molecule has 2 aliphatic rings. The van der Waals surface area contributed by atoms with Crippen LogP contribution < -0.4 is 5.32 Å². The number of hydrogen-bond acceptors (Lipinski definition) is 4. The molecule has 1 aliphatic carbocycles. The second-order valence-corrected chi connectivity index (χ2v) is 5.94. The van der Waals surface area contributed by atoms with Gasteiger partial charge in [0.15, 0.2) is 11.5 Å². The number of aryl methyl sites for hydroxylation is 2. The lowest BCUT2D eigenvalue weighted by Crippen LogP contribution is -2.21. The number of nitrogens with zero attached hydrogens (tertiary/aromatic N) is 4. The van der Waals surface area contributed by atoms with Gasteiger partial charge in [-0.3, -0.25) is 4.40 Å². The van der Waals surface area contributed by atoms with Crippen molar-refractivity contribution in [2.75, 3.05) is 6.54 Å². The monoisotopic (exact) mass is 257 g/mol. The summed E-state index contributed by atoms with van der Waals surface area (Å²) in [5.41, 5.74) is 1.92. The Morgan fingerprint density at radius 2 is 2.16 bits per heavy atom. The molecule has 5 nitrogen and oxygen atoms in total. The Morgan fingerprint density at radius 3 is 3.05 bits per heavy atom. The highest BCUT2D eigenvalue weighted by Gasteiger charge is 2.41. The van der Waals surface area contributed by atoms with Crippen LogP contribution in [0.4, 0.5) is 0 Å². The van der Waals surface area contributed by atoms with E-state index in [0.29, 0.717) is 6.04 Å². The van der Waals surface area contributed by atoms with Gasteiger partial charge in [0.25, 0.3) is 0 Å². The number of nitrogens with one attached hydrogen (secondary N) is 1. The molecule has 1 saturated heterocycles. The zero-order valence-corrected chi connectivity index (χ0v) is 11.4. The molecule has 1 aliphatic heterocycles. The topological polar surface area (TPSA) is 55.1 Å². The third kappa shape index (κ3) is 1.61. The summed E-state index contributed by atoms with van der Waals surface area (Å²) in [5, 5.41) is 12.4. The molecule has 100 valence electrons. The third-order valence-electron chi connectivity index (χ3n) is 4.74. The van der Waals surface area contributed by atoms with Crippen LogP contribution in [0.2, 0.25) is 0 Å². The van der Waals surface area contributed by atoms with E-state index in [4.69, 9.17) is 0 Å². The first kappa shape index (κ1) is 11.3. The first-order valence-electron chi connectivity index (χ1n) is 7.16. The Labute approximate surface area is 112 Å². The summed E-state index contributed by atoms with van der Waals surface area (Å²) >= 11 is 0. The summed E-state index contributed by atoms with van der Waals surface area (Å²) in [7, 11) is 0. The van der Waals surface area contributed by atoms with Crippen molar-refractivity contribution in [2.24, 2.45) is 11.8 Å². The largest absolute Gasteiger partial charge is 0.307 e. The molecule has 1 saturated carbocycles. The quantitative estimate of drug-likeness (QED) is 0.846. The molecule has 0 amide bonds. The van der Waals surface area contributed by atoms with Crippen LogP contribution in [0.5, 0.6) is 0 Å². The van der Waals surface area contributed by atoms with Crippen LogP contribution in [-0.2, 0) is 0 Å².